The highest BCUT2D eigenvalue weighted by atomic mass is 16.5. The van der Waals surface area contributed by atoms with Crippen LogP contribution in [0.4, 0.5) is 11.5 Å². The molecule has 7 nitrogen and oxygen atoms in total. The lowest BCUT2D eigenvalue weighted by Crippen LogP contribution is -2.20. The lowest BCUT2D eigenvalue weighted by atomic mass is 10.0. The highest BCUT2D eigenvalue weighted by Gasteiger charge is 2.27. The van der Waals surface area contributed by atoms with E-state index in [2.05, 4.69) is 50.1 Å². The number of aromatic nitrogens is 3. The standard InChI is InChI=1S/C22H29N5O.C4H8O/c1-14-12-19(25(3)4)23-15(2)20(14)17-8-7-9-18-21(22(28-6)24-27(17)18)26(5)13-16-10-11-16;1-2-4-5-3-1/h7-9,12,16H,10-11,13H2,1-6H3;1-4H2. The highest BCUT2D eigenvalue weighted by molar-refractivity contribution is 5.82. The Morgan fingerprint density at radius 3 is 2.39 bits per heavy atom. The van der Waals surface area contributed by atoms with Crippen molar-refractivity contribution in [2.45, 2.75) is 39.5 Å². The maximum atomic E-state index is 5.66. The van der Waals surface area contributed by atoms with Gasteiger partial charge in [-0.15, -0.1) is 5.10 Å². The summed E-state index contributed by atoms with van der Waals surface area (Å²) in [5.74, 6) is 2.43. The molecule has 33 heavy (non-hydrogen) atoms. The van der Waals surface area contributed by atoms with Gasteiger partial charge in [0.05, 0.1) is 18.3 Å². The van der Waals surface area contributed by atoms with E-state index < -0.39 is 0 Å². The molecule has 0 bridgehead atoms. The molecule has 1 saturated heterocycles. The van der Waals surface area contributed by atoms with Crippen LogP contribution in [0.5, 0.6) is 5.88 Å². The number of ether oxygens (including phenoxy) is 2. The maximum Gasteiger partial charge on any atom is 0.257 e. The second-order valence-corrected chi connectivity index (χ2v) is 9.36. The number of pyridine rings is 2. The molecule has 1 aliphatic carbocycles. The normalized spacial score (nSPS) is 15.3. The Kier molecular flexibility index (Phi) is 7.08. The van der Waals surface area contributed by atoms with E-state index in [9.17, 15) is 0 Å². The molecule has 0 atom stereocenters. The summed E-state index contributed by atoms with van der Waals surface area (Å²) >= 11 is 0. The molecular formula is C26H37N5O2. The first kappa shape index (κ1) is 23.4. The third kappa shape index (κ3) is 5.08. The Bertz CT molecular complexity index is 1070. The van der Waals surface area contributed by atoms with Gasteiger partial charge in [-0.05, 0) is 69.2 Å². The van der Waals surface area contributed by atoms with Gasteiger partial charge in [0.25, 0.3) is 5.88 Å². The van der Waals surface area contributed by atoms with Crippen molar-refractivity contribution in [1.29, 1.82) is 0 Å². The van der Waals surface area contributed by atoms with Crippen molar-refractivity contribution in [2.75, 3.05) is 57.8 Å². The molecule has 0 N–H and O–H groups in total. The van der Waals surface area contributed by atoms with Gasteiger partial charge in [0.15, 0.2) is 0 Å². The second-order valence-electron chi connectivity index (χ2n) is 9.36. The number of methoxy groups -OCH3 is 1. The van der Waals surface area contributed by atoms with E-state index in [0.717, 1.165) is 59.6 Å². The van der Waals surface area contributed by atoms with Crippen LogP contribution in [0, 0.1) is 19.8 Å². The van der Waals surface area contributed by atoms with Crippen molar-refractivity contribution in [3.05, 3.63) is 35.5 Å². The SMILES string of the molecule is C1CCOC1.COc1nn2c(-c3c(C)cc(N(C)C)nc3C)cccc2c1N(C)CC1CC1. The fourth-order valence-electron chi connectivity index (χ4n) is 4.44. The van der Waals surface area contributed by atoms with Gasteiger partial charge >= 0.3 is 0 Å². The summed E-state index contributed by atoms with van der Waals surface area (Å²) in [4.78, 5) is 9.11. The fraction of sp³-hybridized carbons (Fsp3) is 0.538. The minimum absolute atomic E-state index is 0.670. The van der Waals surface area contributed by atoms with Crippen LogP contribution in [0.3, 0.4) is 0 Å². The minimum Gasteiger partial charge on any atom is -0.478 e. The van der Waals surface area contributed by atoms with Crippen molar-refractivity contribution in [2.24, 2.45) is 5.92 Å². The molecule has 7 heteroatoms. The Hall–Kier alpha value is -2.80. The van der Waals surface area contributed by atoms with Crippen molar-refractivity contribution in [3.63, 3.8) is 0 Å². The zero-order valence-corrected chi connectivity index (χ0v) is 20.9. The number of aryl methyl sites for hydroxylation is 2. The monoisotopic (exact) mass is 451 g/mol. The summed E-state index contributed by atoms with van der Waals surface area (Å²) in [6, 6.07) is 8.45. The topological polar surface area (TPSA) is 55.1 Å². The molecule has 1 saturated carbocycles. The molecule has 178 valence electrons. The lowest BCUT2D eigenvalue weighted by Gasteiger charge is -2.19. The predicted octanol–water partition coefficient (Wildman–Crippen LogP) is 4.73. The highest BCUT2D eigenvalue weighted by Crippen LogP contribution is 2.38. The third-order valence-corrected chi connectivity index (χ3v) is 6.33. The number of rotatable bonds is 6. The number of hydrogen-bond acceptors (Lipinski definition) is 6. The van der Waals surface area contributed by atoms with E-state index in [1.807, 2.05) is 23.5 Å². The van der Waals surface area contributed by atoms with E-state index in [1.54, 1.807) is 7.11 Å². The molecule has 4 heterocycles. The second kappa shape index (κ2) is 10.00. The van der Waals surface area contributed by atoms with Gasteiger partial charge < -0.3 is 19.3 Å². The first-order chi connectivity index (χ1) is 15.9. The zero-order valence-electron chi connectivity index (χ0n) is 20.9. The smallest absolute Gasteiger partial charge is 0.257 e. The Labute approximate surface area is 197 Å². The van der Waals surface area contributed by atoms with E-state index >= 15 is 0 Å². The molecule has 1 aliphatic heterocycles. The molecule has 3 aromatic heterocycles. The molecule has 2 fully saturated rings. The summed E-state index contributed by atoms with van der Waals surface area (Å²) in [6.45, 7) is 7.24. The molecule has 0 aromatic carbocycles. The number of hydrogen-bond donors (Lipinski definition) is 0. The van der Waals surface area contributed by atoms with Gasteiger partial charge in [-0.1, -0.05) is 6.07 Å². The van der Waals surface area contributed by atoms with Gasteiger partial charge in [-0.3, -0.25) is 0 Å². The van der Waals surface area contributed by atoms with Crippen LogP contribution in [0.1, 0.15) is 36.9 Å². The average Bonchev–Trinajstić information content (AvgIpc) is 3.26. The van der Waals surface area contributed by atoms with Crippen molar-refractivity contribution in [3.8, 4) is 17.1 Å². The van der Waals surface area contributed by atoms with Crippen LogP contribution < -0.4 is 14.5 Å². The molecule has 0 amide bonds. The maximum absolute atomic E-state index is 5.66. The molecule has 0 radical (unpaired) electrons. The van der Waals surface area contributed by atoms with Gasteiger partial charge in [0, 0.05) is 52.2 Å². The van der Waals surface area contributed by atoms with E-state index in [-0.39, 0.29) is 0 Å². The van der Waals surface area contributed by atoms with Gasteiger partial charge in [0.1, 0.15) is 11.5 Å². The summed E-state index contributed by atoms with van der Waals surface area (Å²) in [6.07, 6.45) is 5.19. The van der Waals surface area contributed by atoms with Gasteiger partial charge in [0.2, 0.25) is 0 Å². The Balaban J connectivity index is 0.000000459. The first-order valence-electron chi connectivity index (χ1n) is 11.9. The molecule has 0 unspecified atom stereocenters. The predicted molar refractivity (Wildman–Crippen MR) is 135 cm³/mol. The van der Waals surface area contributed by atoms with Crippen LogP contribution in [-0.2, 0) is 4.74 Å². The molecule has 0 spiro atoms. The van der Waals surface area contributed by atoms with Crippen LogP contribution in [0.15, 0.2) is 24.3 Å². The fourth-order valence-corrected chi connectivity index (χ4v) is 4.44. The van der Waals surface area contributed by atoms with Gasteiger partial charge in [-0.25, -0.2) is 9.50 Å². The quantitative estimate of drug-likeness (QED) is 0.540. The van der Waals surface area contributed by atoms with E-state index in [1.165, 1.54) is 31.2 Å². The van der Waals surface area contributed by atoms with E-state index in [0.29, 0.717) is 5.88 Å². The van der Waals surface area contributed by atoms with Gasteiger partial charge in [-0.2, -0.15) is 0 Å². The summed E-state index contributed by atoms with van der Waals surface area (Å²) in [5.41, 5.74) is 6.47. The van der Waals surface area contributed by atoms with Crippen LogP contribution in [0.2, 0.25) is 0 Å². The average molecular weight is 452 g/mol. The molecular weight excluding hydrogens is 414 g/mol. The van der Waals surface area contributed by atoms with E-state index in [4.69, 9.17) is 19.6 Å². The van der Waals surface area contributed by atoms with Crippen molar-refractivity contribution >= 4 is 17.0 Å². The molecule has 2 aliphatic rings. The number of nitrogens with zero attached hydrogens (tertiary/aromatic N) is 5. The van der Waals surface area contributed by atoms with Crippen LogP contribution in [-0.4, -0.2) is 62.6 Å². The number of fused-ring (bicyclic) bond motifs is 1. The molecule has 5 rings (SSSR count). The summed E-state index contributed by atoms with van der Waals surface area (Å²) in [7, 11) is 7.86. The molecule has 3 aromatic rings. The van der Waals surface area contributed by atoms with Crippen LogP contribution >= 0.6 is 0 Å². The van der Waals surface area contributed by atoms with Crippen molar-refractivity contribution in [1.82, 2.24) is 14.6 Å². The summed E-state index contributed by atoms with van der Waals surface area (Å²) < 4.78 is 12.6. The van der Waals surface area contributed by atoms with Crippen molar-refractivity contribution < 1.29 is 9.47 Å². The summed E-state index contributed by atoms with van der Waals surface area (Å²) in [5, 5.41) is 4.81. The first-order valence-corrected chi connectivity index (χ1v) is 11.9. The lowest BCUT2D eigenvalue weighted by molar-refractivity contribution is 0.198. The third-order valence-electron chi connectivity index (χ3n) is 6.33. The Morgan fingerprint density at radius 1 is 1.12 bits per heavy atom. The van der Waals surface area contributed by atoms with Crippen LogP contribution in [0.25, 0.3) is 16.8 Å². The zero-order chi connectivity index (χ0) is 23.5. The Morgan fingerprint density at radius 2 is 1.85 bits per heavy atom. The largest absolute Gasteiger partial charge is 0.478 e. The minimum atomic E-state index is 0.670. The number of anilines is 2.